The Bertz CT molecular complexity index is 541. The maximum atomic E-state index is 12.3. The van der Waals surface area contributed by atoms with Crippen LogP contribution in [0.3, 0.4) is 0 Å². The van der Waals surface area contributed by atoms with Gasteiger partial charge in [-0.05, 0) is 31.2 Å². The largest absolute Gasteiger partial charge is 0.330 e. The van der Waals surface area contributed by atoms with E-state index in [1.165, 1.54) is 15.6 Å². The Morgan fingerprint density at radius 1 is 1.60 bits per heavy atom. The maximum absolute atomic E-state index is 12.3. The van der Waals surface area contributed by atoms with Crippen LogP contribution in [0.1, 0.15) is 38.3 Å². The summed E-state index contributed by atoms with van der Waals surface area (Å²) in [6.45, 7) is 5.64. The van der Waals surface area contributed by atoms with E-state index in [0.29, 0.717) is 30.7 Å². The van der Waals surface area contributed by atoms with Crippen LogP contribution in [0.2, 0.25) is 0 Å². The predicted octanol–water partition coefficient (Wildman–Crippen LogP) is 1.59. The zero-order chi connectivity index (χ0) is 14.8. The maximum Gasteiger partial charge on any atom is 0.303 e. The molecule has 0 aliphatic carbocycles. The molecule has 0 radical (unpaired) electrons. The van der Waals surface area contributed by atoms with E-state index in [0.717, 1.165) is 18.5 Å². The van der Waals surface area contributed by atoms with Gasteiger partial charge in [-0.1, -0.05) is 13.8 Å². The Morgan fingerprint density at radius 3 is 2.95 bits per heavy atom. The van der Waals surface area contributed by atoms with Crippen molar-refractivity contribution in [3.8, 4) is 0 Å². The summed E-state index contributed by atoms with van der Waals surface area (Å²) in [5.74, 6) is 0.545. The number of hydrogen-bond donors (Lipinski definition) is 2. The van der Waals surface area contributed by atoms with Gasteiger partial charge in [-0.3, -0.25) is 0 Å². The van der Waals surface area contributed by atoms with Crippen LogP contribution >= 0.6 is 11.3 Å². The van der Waals surface area contributed by atoms with Crippen molar-refractivity contribution in [2.24, 2.45) is 11.7 Å². The van der Waals surface area contributed by atoms with E-state index in [4.69, 9.17) is 5.73 Å². The number of nitrogens with zero attached hydrogens (tertiary/aromatic N) is 2. The topological polar surface area (TPSA) is 88.3 Å². The van der Waals surface area contributed by atoms with Gasteiger partial charge >= 0.3 is 10.2 Å². The fourth-order valence-electron chi connectivity index (χ4n) is 2.21. The summed E-state index contributed by atoms with van der Waals surface area (Å²) < 4.78 is 28.7. The van der Waals surface area contributed by atoms with Crippen LogP contribution in [-0.2, 0) is 10.2 Å². The molecule has 8 heteroatoms. The number of piperidine rings is 1. The van der Waals surface area contributed by atoms with Crippen LogP contribution in [-0.4, -0.2) is 37.3 Å². The lowest BCUT2D eigenvalue weighted by Gasteiger charge is -2.30. The van der Waals surface area contributed by atoms with Gasteiger partial charge in [0.2, 0.25) is 0 Å². The molecule has 1 unspecified atom stereocenters. The average molecular weight is 318 g/mol. The molecule has 1 atom stereocenters. The Balaban J connectivity index is 2.06. The SMILES string of the molecule is CC(C)c1csc(NS(=O)(=O)N2CCCC(CN)C2)n1. The lowest BCUT2D eigenvalue weighted by molar-refractivity contribution is 0.273. The average Bonchev–Trinajstić information content (AvgIpc) is 2.87. The van der Waals surface area contributed by atoms with E-state index in [1.807, 2.05) is 19.2 Å². The highest BCUT2D eigenvalue weighted by Crippen LogP contribution is 2.24. The molecule has 1 fully saturated rings. The third kappa shape index (κ3) is 3.69. The number of anilines is 1. The van der Waals surface area contributed by atoms with E-state index >= 15 is 0 Å². The summed E-state index contributed by atoms with van der Waals surface area (Å²) in [6.07, 6.45) is 1.86. The number of nitrogens with two attached hydrogens (primary N) is 1. The van der Waals surface area contributed by atoms with Crippen LogP contribution in [0.25, 0.3) is 0 Å². The van der Waals surface area contributed by atoms with Gasteiger partial charge in [0, 0.05) is 18.5 Å². The number of aromatic nitrogens is 1. The van der Waals surface area contributed by atoms with Crippen molar-refractivity contribution in [2.75, 3.05) is 24.4 Å². The normalized spacial score (nSPS) is 21.3. The molecule has 0 saturated carbocycles. The van der Waals surface area contributed by atoms with Crippen LogP contribution in [0, 0.1) is 5.92 Å². The van der Waals surface area contributed by atoms with Crippen LogP contribution in [0.5, 0.6) is 0 Å². The smallest absolute Gasteiger partial charge is 0.303 e. The molecule has 2 rings (SSSR count). The summed E-state index contributed by atoms with van der Waals surface area (Å²) in [7, 11) is -3.52. The fourth-order valence-corrected chi connectivity index (χ4v) is 4.61. The molecule has 0 aromatic carbocycles. The number of nitrogens with one attached hydrogen (secondary N) is 1. The van der Waals surface area contributed by atoms with E-state index < -0.39 is 10.2 Å². The van der Waals surface area contributed by atoms with E-state index in [9.17, 15) is 8.42 Å². The standard InChI is InChI=1S/C12H22N4O2S2/c1-9(2)11-8-19-12(14-11)15-20(17,18)16-5-3-4-10(6-13)7-16/h8-10H,3-7,13H2,1-2H3,(H,14,15). The minimum atomic E-state index is -3.52. The first-order valence-corrected chi connectivity index (χ1v) is 9.17. The molecule has 0 bridgehead atoms. The minimum Gasteiger partial charge on any atom is -0.330 e. The first kappa shape index (κ1) is 15.7. The first-order valence-electron chi connectivity index (χ1n) is 6.85. The van der Waals surface area contributed by atoms with Gasteiger partial charge in [0.05, 0.1) is 5.69 Å². The molecule has 1 aromatic heterocycles. The molecule has 1 aliphatic heterocycles. The summed E-state index contributed by atoms with van der Waals surface area (Å²) in [5.41, 5.74) is 6.55. The lowest BCUT2D eigenvalue weighted by Crippen LogP contribution is -2.44. The highest BCUT2D eigenvalue weighted by Gasteiger charge is 2.28. The second-order valence-corrected chi connectivity index (χ2v) is 7.97. The molecule has 6 nitrogen and oxygen atoms in total. The van der Waals surface area contributed by atoms with E-state index in [1.54, 1.807) is 0 Å². The van der Waals surface area contributed by atoms with Crippen LogP contribution in [0.15, 0.2) is 5.38 Å². The summed E-state index contributed by atoms with van der Waals surface area (Å²) in [5, 5.41) is 2.32. The predicted molar refractivity (Wildman–Crippen MR) is 82.1 cm³/mol. The fraction of sp³-hybridized carbons (Fsp3) is 0.750. The molecule has 114 valence electrons. The zero-order valence-corrected chi connectivity index (χ0v) is 13.5. The third-order valence-corrected chi connectivity index (χ3v) is 5.85. The Kier molecular flexibility index (Phi) is 5.00. The Labute approximate surface area is 124 Å². The van der Waals surface area contributed by atoms with Gasteiger partial charge in [0.15, 0.2) is 5.13 Å². The van der Waals surface area contributed by atoms with Gasteiger partial charge in [-0.2, -0.15) is 12.7 Å². The van der Waals surface area contributed by atoms with Gasteiger partial charge in [-0.15, -0.1) is 11.3 Å². The van der Waals surface area contributed by atoms with Crippen molar-refractivity contribution >= 4 is 26.7 Å². The van der Waals surface area contributed by atoms with Crippen molar-refractivity contribution in [1.82, 2.24) is 9.29 Å². The number of rotatable bonds is 5. The zero-order valence-electron chi connectivity index (χ0n) is 11.9. The second-order valence-electron chi connectivity index (χ2n) is 5.44. The molecular weight excluding hydrogens is 296 g/mol. The van der Waals surface area contributed by atoms with Gasteiger partial charge in [0.25, 0.3) is 0 Å². The molecule has 0 spiro atoms. The lowest BCUT2D eigenvalue weighted by atomic mass is 10.0. The second kappa shape index (κ2) is 6.38. The first-order chi connectivity index (χ1) is 9.42. The summed E-state index contributed by atoms with van der Waals surface area (Å²) >= 11 is 1.32. The monoisotopic (exact) mass is 318 g/mol. The van der Waals surface area contributed by atoms with Crippen LogP contribution in [0.4, 0.5) is 5.13 Å². The van der Waals surface area contributed by atoms with Crippen molar-refractivity contribution < 1.29 is 8.42 Å². The Morgan fingerprint density at radius 2 is 2.35 bits per heavy atom. The van der Waals surface area contributed by atoms with Crippen molar-refractivity contribution in [2.45, 2.75) is 32.6 Å². The molecular formula is C12H22N4O2S2. The molecule has 1 saturated heterocycles. The van der Waals surface area contributed by atoms with Gasteiger partial charge in [-0.25, -0.2) is 9.71 Å². The van der Waals surface area contributed by atoms with Gasteiger partial charge < -0.3 is 5.73 Å². The number of thiazole rings is 1. The minimum absolute atomic E-state index is 0.253. The Hall–Kier alpha value is -0.700. The quantitative estimate of drug-likeness (QED) is 0.863. The summed E-state index contributed by atoms with van der Waals surface area (Å²) in [6, 6.07) is 0. The van der Waals surface area contributed by atoms with E-state index in [-0.39, 0.29) is 5.92 Å². The van der Waals surface area contributed by atoms with Crippen molar-refractivity contribution in [3.63, 3.8) is 0 Å². The molecule has 1 aliphatic rings. The molecule has 20 heavy (non-hydrogen) atoms. The molecule has 3 N–H and O–H groups in total. The van der Waals surface area contributed by atoms with Crippen molar-refractivity contribution in [1.29, 1.82) is 0 Å². The van der Waals surface area contributed by atoms with Gasteiger partial charge in [0.1, 0.15) is 0 Å². The highest BCUT2D eigenvalue weighted by atomic mass is 32.2. The summed E-state index contributed by atoms with van der Waals surface area (Å²) in [4.78, 5) is 4.31. The van der Waals surface area contributed by atoms with Crippen LogP contribution < -0.4 is 10.5 Å². The third-order valence-electron chi connectivity index (χ3n) is 3.48. The molecule has 0 amide bonds. The van der Waals surface area contributed by atoms with Crippen molar-refractivity contribution in [3.05, 3.63) is 11.1 Å². The van der Waals surface area contributed by atoms with E-state index in [2.05, 4.69) is 9.71 Å². The molecule has 1 aromatic rings. The highest BCUT2D eigenvalue weighted by molar-refractivity contribution is 7.90. The molecule has 2 heterocycles. The number of hydrogen-bond acceptors (Lipinski definition) is 5.